The normalized spacial score (nSPS) is 12.5. The first-order valence-electron chi connectivity index (χ1n) is 33.3. The van der Waals surface area contributed by atoms with Crippen molar-refractivity contribution in [2.24, 2.45) is 0 Å². The summed E-state index contributed by atoms with van der Waals surface area (Å²) < 4.78 is 0. The van der Waals surface area contributed by atoms with Crippen molar-refractivity contribution in [1.82, 2.24) is 4.98 Å². The minimum atomic E-state index is -0.118. The van der Waals surface area contributed by atoms with E-state index in [2.05, 4.69) is 379 Å². The Labute approximate surface area is 560 Å². The van der Waals surface area contributed by atoms with Crippen LogP contribution in [0.5, 0.6) is 0 Å². The SMILES string of the molecule is CC(C)(C)c1ccc2c(c1)B1c3cc(C(C)(C)C)ccc3N(c3ccc(-c4ccccc4)cc3)c3cc(-c4cc(-c5cc(-c6ccccc6)cc(-c6ccccc6)c5)cc(-c5cc(-c6ccccc6)cc(-c6ccccc6)c5)n4)cc(c31)N2c1ccc(-c2ccccc2)cc1. The Balaban J connectivity index is 1.01. The number of aromatic nitrogens is 1. The molecule has 0 fully saturated rings. The molecule has 0 saturated carbocycles. The van der Waals surface area contributed by atoms with E-state index in [4.69, 9.17) is 4.98 Å². The van der Waals surface area contributed by atoms with E-state index < -0.39 is 0 Å². The Bertz CT molecular complexity index is 4720. The van der Waals surface area contributed by atoms with Gasteiger partial charge in [0.15, 0.2) is 0 Å². The molecule has 0 saturated heterocycles. The van der Waals surface area contributed by atoms with E-state index in [1.165, 1.54) is 61.1 Å². The van der Waals surface area contributed by atoms with Crippen LogP contribution in [-0.4, -0.2) is 11.7 Å². The lowest BCUT2D eigenvalue weighted by molar-refractivity contribution is 0.590. The van der Waals surface area contributed by atoms with Gasteiger partial charge in [0, 0.05) is 45.3 Å². The number of benzene rings is 13. The Morgan fingerprint density at radius 1 is 0.232 bits per heavy atom. The molecule has 0 aliphatic carbocycles. The summed E-state index contributed by atoms with van der Waals surface area (Å²) in [5, 5.41) is 0. The van der Waals surface area contributed by atoms with E-state index in [1.807, 2.05) is 0 Å². The lowest BCUT2D eigenvalue weighted by atomic mass is 9.33. The van der Waals surface area contributed by atoms with Gasteiger partial charge < -0.3 is 9.80 Å². The smallest absolute Gasteiger partial charge is 0.252 e. The largest absolute Gasteiger partial charge is 0.311 e. The molecular formula is C91H72BN3. The van der Waals surface area contributed by atoms with Gasteiger partial charge in [-0.3, -0.25) is 0 Å². The number of rotatable bonds is 11. The summed E-state index contributed by atoms with van der Waals surface area (Å²) in [5.41, 5.74) is 32.8. The van der Waals surface area contributed by atoms with Gasteiger partial charge in [0.2, 0.25) is 0 Å². The maximum atomic E-state index is 6.01. The number of nitrogens with zero attached hydrogens (tertiary/aromatic N) is 3. The van der Waals surface area contributed by atoms with Crippen LogP contribution in [0.2, 0.25) is 0 Å². The maximum absolute atomic E-state index is 6.01. The van der Waals surface area contributed by atoms with E-state index in [9.17, 15) is 0 Å². The summed E-state index contributed by atoms with van der Waals surface area (Å²) in [6.07, 6.45) is 0. The molecule has 0 bridgehead atoms. The highest BCUT2D eigenvalue weighted by atomic mass is 15.2. The number of hydrogen-bond donors (Lipinski definition) is 0. The van der Waals surface area contributed by atoms with Gasteiger partial charge in [-0.05, 0) is 213 Å². The van der Waals surface area contributed by atoms with Crippen molar-refractivity contribution in [2.45, 2.75) is 52.4 Å². The monoisotopic (exact) mass is 1220 g/mol. The van der Waals surface area contributed by atoms with Crippen LogP contribution in [0.25, 0.3) is 100 Å². The third-order valence-corrected chi connectivity index (χ3v) is 19.3. The molecule has 95 heavy (non-hydrogen) atoms. The molecule has 454 valence electrons. The summed E-state index contributed by atoms with van der Waals surface area (Å²) in [6.45, 7) is 13.9. The number of hydrogen-bond acceptors (Lipinski definition) is 3. The van der Waals surface area contributed by atoms with Crippen molar-refractivity contribution < 1.29 is 0 Å². The van der Waals surface area contributed by atoms with Gasteiger partial charge in [0.25, 0.3) is 6.71 Å². The second-order valence-electron chi connectivity index (χ2n) is 27.6. The van der Waals surface area contributed by atoms with Gasteiger partial charge in [0.05, 0.1) is 11.4 Å². The van der Waals surface area contributed by atoms with Crippen LogP contribution in [-0.2, 0) is 10.8 Å². The zero-order valence-electron chi connectivity index (χ0n) is 54.6. The molecule has 0 amide bonds. The van der Waals surface area contributed by atoms with Crippen LogP contribution in [0, 0.1) is 0 Å². The Hall–Kier alpha value is -11.3. The summed E-state index contributed by atoms with van der Waals surface area (Å²) in [7, 11) is 0. The fraction of sp³-hybridized carbons (Fsp3) is 0.0879. The lowest BCUT2D eigenvalue weighted by Gasteiger charge is -2.45. The second-order valence-corrected chi connectivity index (χ2v) is 27.6. The number of pyridine rings is 1. The molecular weight excluding hydrogens is 1150 g/mol. The van der Waals surface area contributed by atoms with E-state index in [0.717, 1.165) is 101 Å². The van der Waals surface area contributed by atoms with Crippen molar-refractivity contribution >= 4 is 57.2 Å². The molecule has 2 aliphatic rings. The van der Waals surface area contributed by atoms with Crippen molar-refractivity contribution in [1.29, 1.82) is 0 Å². The van der Waals surface area contributed by atoms with Crippen LogP contribution in [0.1, 0.15) is 52.7 Å². The van der Waals surface area contributed by atoms with Crippen molar-refractivity contribution in [2.75, 3.05) is 9.80 Å². The lowest BCUT2D eigenvalue weighted by Crippen LogP contribution is -2.61. The van der Waals surface area contributed by atoms with E-state index in [1.54, 1.807) is 0 Å². The van der Waals surface area contributed by atoms with Crippen LogP contribution in [0.15, 0.2) is 328 Å². The Morgan fingerprint density at radius 3 is 0.811 bits per heavy atom. The van der Waals surface area contributed by atoms with Crippen LogP contribution in [0.3, 0.4) is 0 Å². The molecule has 3 nitrogen and oxygen atoms in total. The second kappa shape index (κ2) is 24.0. The predicted octanol–water partition coefficient (Wildman–Crippen LogP) is 22.8. The molecule has 14 aromatic rings. The Morgan fingerprint density at radius 2 is 0.495 bits per heavy atom. The van der Waals surface area contributed by atoms with Gasteiger partial charge in [0.1, 0.15) is 0 Å². The van der Waals surface area contributed by atoms with Crippen molar-refractivity contribution in [3.63, 3.8) is 0 Å². The van der Waals surface area contributed by atoms with Gasteiger partial charge >= 0.3 is 0 Å². The molecule has 0 radical (unpaired) electrons. The van der Waals surface area contributed by atoms with Crippen molar-refractivity contribution in [3.8, 4) is 100 Å². The summed E-state index contributed by atoms with van der Waals surface area (Å²) >= 11 is 0. The zero-order valence-corrected chi connectivity index (χ0v) is 54.6. The minimum Gasteiger partial charge on any atom is -0.311 e. The van der Waals surface area contributed by atoms with E-state index in [0.29, 0.717) is 0 Å². The number of fused-ring (bicyclic) bond motifs is 4. The fourth-order valence-corrected chi connectivity index (χ4v) is 14.3. The number of anilines is 6. The molecule has 0 spiro atoms. The summed E-state index contributed by atoms with van der Waals surface area (Å²) in [6, 6.07) is 121. The first-order chi connectivity index (χ1) is 46.3. The molecule has 2 aliphatic heterocycles. The van der Waals surface area contributed by atoms with Gasteiger partial charge in [-0.2, -0.15) is 0 Å². The molecule has 1 aromatic heterocycles. The van der Waals surface area contributed by atoms with E-state index >= 15 is 0 Å². The first kappa shape index (κ1) is 58.7. The molecule has 13 aromatic carbocycles. The predicted molar refractivity (Wildman–Crippen MR) is 405 cm³/mol. The highest BCUT2D eigenvalue weighted by molar-refractivity contribution is 7.00. The molecule has 4 heteroatoms. The maximum Gasteiger partial charge on any atom is 0.252 e. The fourth-order valence-electron chi connectivity index (χ4n) is 14.3. The summed E-state index contributed by atoms with van der Waals surface area (Å²) in [4.78, 5) is 11.1. The highest BCUT2D eigenvalue weighted by Crippen LogP contribution is 2.49. The molecule has 3 heterocycles. The average Bonchev–Trinajstić information content (AvgIpc) is 0.694. The third kappa shape index (κ3) is 11.3. The first-order valence-corrected chi connectivity index (χ1v) is 33.3. The molecule has 0 unspecified atom stereocenters. The van der Waals surface area contributed by atoms with Crippen LogP contribution < -0.4 is 26.2 Å². The van der Waals surface area contributed by atoms with Gasteiger partial charge in [-0.1, -0.05) is 272 Å². The highest BCUT2D eigenvalue weighted by Gasteiger charge is 2.45. The quantitative estimate of drug-likeness (QED) is 0.120. The van der Waals surface area contributed by atoms with Crippen molar-refractivity contribution in [3.05, 3.63) is 339 Å². The third-order valence-electron chi connectivity index (χ3n) is 19.3. The topological polar surface area (TPSA) is 19.4 Å². The molecule has 16 rings (SSSR count). The van der Waals surface area contributed by atoms with Crippen LogP contribution in [0.4, 0.5) is 34.1 Å². The van der Waals surface area contributed by atoms with Gasteiger partial charge in [-0.15, -0.1) is 0 Å². The Kier molecular flexibility index (Phi) is 14.8. The van der Waals surface area contributed by atoms with Gasteiger partial charge in [-0.25, -0.2) is 4.98 Å². The molecule has 0 atom stereocenters. The minimum absolute atomic E-state index is 0.110. The zero-order chi connectivity index (χ0) is 64.4. The standard InChI is InChI=1S/C91H72BN3/c1-90(2,3)77-41-47-85-81(59-77)92-82-60-78(91(4,5)6)42-48-86(82)95(80-45-39-68(40-46-80)62-27-15-8-16-28-62)88-58-76(57-87(89(88)92)94(85)79-43-37-67(38-44-79)61-25-13-7-14-26-61)84-56-74(73-51-69(63-29-17-9-18-30-63)49-70(52-73)64-31-19-10-20-32-64)55-83(93-84)75-53-71(65-33-21-11-22-34-65)50-72(54-75)66-35-23-12-24-36-66/h7-60H,1-6H3. The average molecular weight is 1220 g/mol. The van der Waals surface area contributed by atoms with Crippen LogP contribution >= 0.6 is 0 Å². The molecule has 0 N–H and O–H groups in total. The summed E-state index contributed by atoms with van der Waals surface area (Å²) in [5.74, 6) is 0. The van der Waals surface area contributed by atoms with E-state index in [-0.39, 0.29) is 17.5 Å².